The number of carboxylic acid groups (broad SMARTS) is 1. The third-order valence-corrected chi connectivity index (χ3v) is 8.12. The molecule has 0 aliphatic heterocycles. The van der Waals surface area contributed by atoms with Gasteiger partial charge in [-0.2, -0.15) is 5.21 Å². The fraction of sp³-hybridized carbons (Fsp3) is 0.333. The van der Waals surface area contributed by atoms with Crippen molar-refractivity contribution < 1.29 is 27.9 Å². The molecule has 0 aromatic carbocycles. The number of aliphatic carboxylic acids is 1. The van der Waals surface area contributed by atoms with Crippen molar-refractivity contribution in [2.45, 2.75) is 41.5 Å². The van der Waals surface area contributed by atoms with Gasteiger partial charge in [0.1, 0.15) is 5.69 Å². The van der Waals surface area contributed by atoms with E-state index in [1.54, 1.807) is 6.07 Å². The van der Waals surface area contributed by atoms with Crippen LogP contribution in [0.3, 0.4) is 0 Å². The minimum Gasteiger partial charge on any atom is -0.481 e. The highest BCUT2D eigenvalue weighted by Crippen LogP contribution is 2.32. The molecule has 0 saturated heterocycles. The van der Waals surface area contributed by atoms with Gasteiger partial charge in [-0.3, -0.25) is 19.9 Å². The Hall–Kier alpha value is -3.79. The van der Waals surface area contributed by atoms with Gasteiger partial charge < -0.3 is 10.4 Å². The minimum atomic E-state index is -4.32. The summed E-state index contributed by atoms with van der Waals surface area (Å²) >= 11 is 0.538. The Bertz CT molecular complexity index is 1330. The Labute approximate surface area is 196 Å². The van der Waals surface area contributed by atoms with E-state index in [-0.39, 0.29) is 33.9 Å². The summed E-state index contributed by atoms with van der Waals surface area (Å²) < 4.78 is 25.1. The number of rotatable bonds is 8. The van der Waals surface area contributed by atoms with E-state index in [0.717, 1.165) is 25.7 Å². The molecule has 0 spiro atoms. The summed E-state index contributed by atoms with van der Waals surface area (Å²) in [6.45, 7) is 0. The van der Waals surface area contributed by atoms with E-state index < -0.39 is 37.6 Å². The standard InChI is InChI=1S/C18H18N8O6S2/c27-12(28)8-11-15(34(31,32)18-23-25-26-24-18)33-17(21-11)22-16(30)20-10-6-3-7-19-13(10)14(29)9-4-1-2-5-9/h3,6-7,9H,1-2,4-5,8H2,(H,27,28)(H2,20,21,22,30)(H,23,24,25,26). The lowest BCUT2D eigenvalue weighted by Gasteiger charge is -2.12. The van der Waals surface area contributed by atoms with Crippen LogP contribution in [-0.4, -0.2) is 61.9 Å². The topological polar surface area (TPSA) is 210 Å². The molecule has 3 aromatic heterocycles. The minimum absolute atomic E-state index is 0.135. The second-order valence-electron chi connectivity index (χ2n) is 7.35. The number of hydrogen-bond acceptors (Lipinski definition) is 11. The Kier molecular flexibility index (Phi) is 6.60. The van der Waals surface area contributed by atoms with Crippen LogP contribution in [0, 0.1) is 5.92 Å². The van der Waals surface area contributed by atoms with Gasteiger partial charge in [0.2, 0.25) is 0 Å². The predicted octanol–water partition coefficient (Wildman–Crippen LogP) is 1.53. The number of nitrogens with one attached hydrogen (secondary N) is 3. The van der Waals surface area contributed by atoms with Crippen molar-refractivity contribution in [2.24, 2.45) is 5.92 Å². The normalized spacial score (nSPS) is 14.1. The van der Waals surface area contributed by atoms with Gasteiger partial charge in [-0.25, -0.2) is 18.2 Å². The maximum atomic E-state index is 12.8. The lowest BCUT2D eigenvalue weighted by molar-refractivity contribution is -0.136. The zero-order valence-corrected chi connectivity index (χ0v) is 19.0. The molecule has 3 heterocycles. The highest BCUT2D eigenvalue weighted by atomic mass is 32.2. The molecule has 14 nitrogen and oxygen atoms in total. The largest absolute Gasteiger partial charge is 0.481 e. The number of tetrazole rings is 1. The quantitative estimate of drug-likeness (QED) is 0.322. The van der Waals surface area contributed by atoms with Gasteiger partial charge >= 0.3 is 12.0 Å². The molecule has 34 heavy (non-hydrogen) atoms. The highest BCUT2D eigenvalue weighted by Gasteiger charge is 2.31. The number of sulfone groups is 1. The molecule has 0 radical (unpaired) electrons. The lowest BCUT2D eigenvalue weighted by Crippen LogP contribution is -2.23. The van der Waals surface area contributed by atoms with E-state index in [0.29, 0.717) is 11.3 Å². The van der Waals surface area contributed by atoms with Crippen molar-refractivity contribution in [3.05, 3.63) is 29.7 Å². The van der Waals surface area contributed by atoms with Crippen LogP contribution in [0.2, 0.25) is 0 Å². The first-order chi connectivity index (χ1) is 16.3. The van der Waals surface area contributed by atoms with Gasteiger partial charge in [0, 0.05) is 12.1 Å². The van der Waals surface area contributed by atoms with Gasteiger partial charge in [-0.1, -0.05) is 29.3 Å². The van der Waals surface area contributed by atoms with E-state index in [2.05, 4.69) is 36.0 Å². The first kappa shape index (κ1) is 23.4. The number of carboxylic acids is 1. The first-order valence-electron chi connectivity index (χ1n) is 10.0. The van der Waals surface area contributed by atoms with E-state index in [9.17, 15) is 22.8 Å². The number of amides is 2. The summed E-state index contributed by atoms with van der Waals surface area (Å²) in [4.78, 5) is 44.7. The van der Waals surface area contributed by atoms with Crippen LogP contribution in [-0.2, 0) is 21.1 Å². The molecule has 0 unspecified atom stereocenters. The lowest BCUT2D eigenvalue weighted by atomic mass is 9.99. The number of carbonyl (C=O) groups is 3. The second-order valence-corrected chi connectivity index (χ2v) is 10.4. The van der Waals surface area contributed by atoms with Crippen molar-refractivity contribution in [2.75, 3.05) is 10.6 Å². The monoisotopic (exact) mass is 506 g/mol. The third kappa shape index (κ3) is 4.91. The Morgan fingerprint density at radius 2 is 1.97 bits per heavy atom. The highest BCUT2D eigenvalue weighted by molar-refractivity contribution is 7.93. The zero-order chi connectivity index (χ0) is 24.3. The summed E-state index contributed by atoms with van der Waals surface area (Å²) in [6.07, 6.45) is 4.21. The molecule has 1 aliphatic rings. The van der Waals surface area contributed by atoms with Crippen molar-refractivity contribution in [1.29, 1.82) is 0 Å². The van der Waals surface area contributed by atoms with Gasteiger partial charge in [0.15, 0.2) is 15.1 Å². The number of anilines is 2. The number of hydrogen-bond donors (Lipinski definition) is 4. The number of nitrogens with zero attached hydrogens (tertiary/aromatic N) is 5. The number of H-pyrrole nitrogens is 1. The van der Waals surface area contributed by atoms with Gasteiger partial charge in [0.05, 0.1) is 17.8 Å². The number of aromatic amines is 1. The molecule has 3 aromatic rings. The van der Waals surface area contributed by atoms with Crippen LogP contribution < -0.4 is 10.6 Å². The van der Waals surface area contributed by atoms with E-state index in [4.69, 9.17) is 5.11 Å². The van der Waals surface area contributed by atoms with Gasteiger partial charge in [0.25, 0.3) is 15.0 Å². The molecular formula is C18H18N8O6S2. The number of urea groups is 1. The molecule has 16 heteroatoms. The zero-order valence-electron chi connectivity index (χ0n) is 17.4. The Morgan fingerprint density at radius 1 is 1.21 bits per heavy atom. The molecule has 0 atom stereocenters. The fourth-order valence-corrected chi connectivity index (χ4v) is 6.05. The summed E-state index contributed by atoms with van der Waals surface area (Å²) in [5.41, 5.74) is 0.0329. The SMILES string of the molecule is O=C(O)Cc1nc(NC(=O)Nc2cccnc2C(=O)C2CCCC2)sc1S(=O)(=O)c1nn[nH]n1. The summed E-state index contributed by atoms with van der Waals surface area (Å²) in [5, 5.41) is 25.3. The molecule has 178 valence electrons. The molecule has 1 saturated carbocycles. The fourth-order valence-electron chi connectivity index (χ4n) is 3.54. The van der Waals surface area contributed by atoms with Crippen LogP contribution in [0.5, 0.6) is 0 Å². The molecule has 1 aliphatic carbocycles. The third-order valence-electron chi connectivity index (χ3n) is 5.03. The van der Waals surface area contributed by atoms with Crippen LogP contribution in [0.25, 0.3) is 0 Å². The molecule has 4 N–H and O–H groups in total. The second kappa shape index (κ2) is 9.60. The molecule has 2 amide bonds. The molecule has 1 fully saturated rings. The van der Waals surface area contributed by atoms with E-state index >= 15 is 0 Å². The van der Waals surface area contributed by atoms with Gasteiger partial charge in [-0.15, -0.1) is 5.10 Å². The maximum absolute atomic E-state index is 12.8. The number of aromatic nitrogens is 6. The van der Waals surface area contributed by atoms with Crippen molar-refractivity contribution in [3.63, 3.8) is 0 Å². The van der Waals surface area contributed by atoms with Crippen LogP contribution in [0.15, 0.2) is 27.7 Å². The number of thiazole rings is 1. The molecular weight excluding hydrogens is 488 g/mol. The Balaban J connectivity index is 1.56. The molecule has 0 bridgehead atoms. The van der Waals surface area contributed by atoms with E-state index in [1.165, 1.54) is 12.3 Å². The van der Waals surface area contributed by atoms with Crippen LogP contribution in [0.4, 0.5) is 15.6 Å². The number of pyridine rings is 1. The first-order valence-corrected chi connectivity index (χ1v) is 12.3. The summed E-state index contributed by atoms with van der Waals surface area (Å²) in [5.74, 6) is -1.62. The number of Topliss-reactive ketones (excluding diaryl/α,β-unsaturated/α-hetero) is 1. The average Bonchev–Trinajstić information content (AvgIpc) is 3.55. The summed E-state index contributed by atoms with van der Waals surface area (Å²) in [6, 6.07) is 2.27. The number of ketones is 1. The van der Waals surface area contributed by atoms with Crippen molar-refractivity contribution >= 4 is 49.8 Å². The smallest absolute Gasteiger partial charge is 0.325 e. The van der Waals surface area contributed by atoms with Crippen LogP contribution >= 0.6 is 11.3 Å². The molecule has 4 rings (SSSR count). The van der Waals surface area contributed by atoms with Crippen molar-refractivity contribution in [1.82, 2.24) is 30.6 Å². The van der Waals surface area contributed by atoms with Gasteiger partial charge in [-0.05, 0) is 30.2 Å². The van der Waals surface area contributed by atoms with E-state index in [1.807, 2.05) is 5.21 Å². The average molecular weight is 507 g/mol. The van der Waals surface area contributed by atoms with Crippen LogP contribution in [0.1, 0.15) is 41.9 Å². The maximum Gasteiger partial charge on any atom is 0.325 e. The Morgan fingerprint density at radius 3 is 2.65 bits per heavy atom. The predicted molar refractivity (Wildman–Crippen MR) is 116 cm³/mol. The number of carbonyl (C=O) groups excluding carboxylic acids is 2. The summed E-state index contributed by atoms with van der Waals surface area (Å²) in [7, 11) is -4.32. The van der Waals surface area contributed by atoms with Crippen molar-refractivity contribution in [3.8, 4) is 0 Å².